The van der Waals surface area contributed by atoms with Gasteiger partial charge in [0.1, 0.15) is 0 Å². The number of nitrogens with one attached hydrogen (secondary N) is 1. The van der Waals surface area contributed by atoms with E-state index >= 15 is 0 Å². The van der Waals surface area contributed by atoms with Gasteiger partial charge in [-0.15, -0.1) is 11.3 Å². The molecule has 1 heterocycles. The molecule has 1 aromatic rings. The van der Waals surface area contributed by atoms with Crippen LogP contribution in [0.2, 0.25) is 0 Å². The lowest BCUT2D eigenvalue weighted by atomic mass is 9.95. The van der Waals surface area contributed by atoms with Crippen LogP contribution in [0.5, 0.6) is 0 Å². The van der Waals surface area contributed by atoms with Crippen molar-refractivity contribution in [1.82, 2.24) is 10.2 Å². The number of rotatable bonds is 5. The molecule has 108 valence electrons. The summed E-state index contributed by atoms with van der Waals surface area (Å²) in [5.41, 5.74) is 0.201. The third kappa shape index (κ3) is 4.62. The predicted molar refractivity (Wildman–Crippen MR) is 82.6 cm³/mol. The third-order valence-electron chi connectivity index (χ3n) is 3.20. The van der Waals surface area contributed by atoms with Crippen molar-refractivity contribution in [2.24, 2.45) is 0 Å². The van der Waals surface area contributed by atoms with Crippen LogP contribution in [-0.2, 0) is 16.8 Å². The number of thiophene rings is 1. The highest BCUT2D eigenvalue weighted by Crippen LogP contribution is 2.29. The summed E-state index contributed by atoms with van der Waals surface area (Å²) >= 11 is 1.82. The molecule has 0 aliphatic heterocycles. The molecule has 1 unspecified atom stereocenters. The van der Waals surface area contributed by atoms with Crippen LogP contribution in [0.15, 0.2) is 12.1 Å². The summed E-state index contributed by atoms with van der Waals surface area (Å²) in [5, 5.41) is 3.30. The molecule has 0 aliphatic rings. The zero-order valence-corrected chi connectivity index (χ0v) is 13.7. The van der Waals surface area contributed by atoms with E-state index < -0.39 is 0 Å². The fraction of sp³-hybridized carbons (Fsp3) is 0.667. The second-order valence-electron chi connectivity index (χ2n) is 5.97. The summed E-state index contributed by atoms with van der Waals surface area (Å²) in [6.45, 7) is 12.1. The van der Waals surface area contributed by atoms with Crippen molar-refractivity contribution in [3.05, 3.63) is 21.9 Å². The minimum atomic E-state index is -0.134. The molecule has 3 nitrogen and oxygen atoms in total. The van der Waals surface area contributed by atoms with Gasteiger partial charge in [-0.1, -0.05) is 20.8 Å². The molecule has 0 aromatic carbocycles. The van der Waals surface area contributed by atoms with Crippen LogP contribution >= 0.6 is 11.3 Å². The Hall–Kier alpha value is -0.870. The van der Waals surface area contributed by atoms with Crippen molar-refractivity contribution in [3.8, 4) is 0 Å². The second-order valence-corrected chi connectivity index (χ2v) is 7.14. The van der Waals surface area contributed by atoms with Crippen LogP contribution in [0.25, 0.3) is 0 Å². The van der Waals surface area contributed by atoms with Crippen molar-refractivity contribution in [2.75, 3.05) is 13.6 Å². The summed E-state index contributed by atoms with van der Waals surface area (Å²) in [5.74, 6) is 0.148. The highest BCUT2D eigenvalue weighted by molar-refractivity contribution is 7.12. The lowest BCUT2D eigenvalue weighted by molar-refractivity contribution is -0.131. The molecule has 0 aliphatic carbocycles. The Kier molecular flexibility index (Phi) is 5.56. The number of hydrogen-bond acceptors (Lipinski definition) is 3. The highest BCUT2D eigenvalue weighted by atomic mass is 32.1. The first kappa shape index (κ1) is 16.2. The summed E-state index contributed by atoms with van der Waals surface area (Å²) < 4.78 is 0. The first-order valence-corrected chi connectivity index (χ1v) is 7.65. The maximum absolute atomic E-state index is 11.9. The largest absolute Gasteiger partial charge is 0.345 e. The van der Waals surface area contributed by atoms with Gasteiger partial charge in [-0.3, -0.25) is 4.79 Å². The van der Waals surface area contributed by atoms with Gasteiger partial charge in [0, 0.05) is 29.9 Å². The molecule has 0 saturated heterocycles. The highest BCUT2D eigenvalue weighted by Gasteiger charge is 2.18. The van der Waals surface area contributed by atoms with E-state index in [-0.39, 0.29) is 17.4 Å². The number of hydrogen-bond donors (Lipinski definition) is 1. The molecule has 1 rings (SSSR count). The van der Waals surface area contributed by atoms with Crippen molar-refractivity contribution < 1.29 is 4.79 Å². The van der Waals surface area contributed by atoms with E-state index in [0.29, 0.717) is 0 Å². The van der Waals surface area contributed by atoms with E-state index in [9.17, 15) is 4.79 Å². The predicted octanol–water partition coefficient (Wildman–Crippen LogP) is 3.00. The standard InChI is InChI=1S/C15H26N2OS/c1-7-17(6)14(18)11(2)16-10-12-8-9-13(19-12)15(3,4)5/h8-9,11,16H,7,10H2,1-6H3. The second kappa shape index (κ2) is 6.53. The minimum Gasteiger partial charge on any atom is -0.345 e. The molecule has 1 amide bonds. The van der Waals surface area contributed by atoms with Gasteiger partial charge in [0.05, 0.1) is 6.04 Å². The minimum absolute atomic E-state index is 0.134. The summed E-state index contributed by atoms with van der Waals surface area (Å²) in [7, 11) is 1.84. The molecule has 0 fully saturated rings. The monoisotopic (exact) mass is 282 g/mol. The molecular weight excluding hydrogens is 256 g/mol. The van der Waals surface area contributed by atoms with Crippen LogP contribution in [0.1, 0.15) is 44.4 Å². The zero-order chi connectivity index (χ0) is 14.6. The first-order valence-electron chi connectivity index (χ1n) is 6.83. The van der Waals surface area contributed by atoms with Crippen LogP contribution in [0.3, 0.4) is 0 Å². The van der Waals surface area contributed by atoms with Crippen LogP contribution in [-0.4, -0.2) is 30.4 Å². The van der Waals surface area contributed by atoms with Crippen LogP contribution < -0.4 is 5.32 Å². The number of nitrogens with zero attached hydrogens (tertiary/aromatic N) is 1. The Labute approximate surface area is 121 Å². The number of carbonyl (C=O) groups is 1. The molecule has 0 radical (unpaired) electrons. The first-order chi connectivity index (χ1) is 8.75. The summed E-state index contributed by atoms with van der Waals surface area (Å²) in [6.07, 6.45) is 0. The van der Waals surface area contributed by atoms with Gasteiger partial charge >= 0.3 is 0 Å². The van der Waals surface area contributed by atoms with Gasteiger partial charge in [-0.05, 0) is 31.4 Å². The SMILES string of the molecule is CCN(C)C(=O)C(C)NCc1ccc(C(C)(C)C)s1. The van der Waals surface area contributed by atoms with Crippen molar-refractivity contribution in [3.63, 3.8) is 0 Å². The average molecular weight is 282 g/mol. The fourth-order valence-corrected chi connectivity index (χ4v) is 2.72. The maximum atomic E-state index is 11.9. The molecule has 1 aromatic heterocycles. The van der Waals surface area contributed by atoms with Gasteiger partial charge in [0.25, 0.3) is 0 Å². The quantitative estimate of drug-likeness (QED) is 0.900. The van der Waals surface area contributed by atoms with Crippen molar-refractivity contribution in [1.29, 1.82) is 0 Å². The Morgan fingerprint density at radius 1 is 1.42 bits per heavy atom. The number of carbonyl (C=O) groups excluding carboxylic acids is 1. The van der Waals surface area contributed by atoms with E-state index in [1.807, 2.05) is 32.2 Å². The van der Waals surface area contributed by atoms with Gasteiger partial charge < -0.3 is 10.2 Å². The number of amides is 1. The zero-order valence-electron chi connectivity index (χ0n) is 12.9. The molecular formula is C15H26N2OS. The lowest BCUT2D eigenvalue weighted by Crippen LogP contribution is -2.42. The van der Waals surface area contributed by atoms with E-state index in [2.05, 4.69) is 38.2 Å². The van der Waals surface area contributed by atoms with Crippen LogP contribution in [0.4, 0.5) is 0 Å². The van der Waals surface area contributed by atoms with E-state index in [4.69, 9.17) is 0 Å². The molecule has 1 atom stereocenters. The topological polar surface area (TPSA) is 32.3 Å². The van der Waals surface area contributed by atoms with E-state index in [1.54, 1.807) is 4.90 Å². The number of likely N-dealkylation sites (N-methyl/N-ethyl adjacent to an activating group) is 1. The normalized spacial score (nSPS) is 13.4. The van der Waals surface area contributed by atoms with Crippen molar-refractivity contribution >= 4 is 17.2 Å². The summed E-state index contributed by atoms with van der Waals surface area (Å²) in [4.78, 5) is 16.3. The Balaban J connectivity index is 2.53. The van der Waals surface area contributed by atoms with Crippen LogP contribution in [0, 0.1) is 0 Å². The smallest absolute Gasteiger partial charge is 0.239 e. The summed E-state index contributed by atoms with van der Waals surface area (Å²) in [6, 6.07) is 4.20. The molecule has 0 saturated carbocycles. The van der Waals surface area contributed by atoms with Gasteiger partial charge in [-0.2, -0.15) is 0 Å². The molecule has 1 N–H and O–H groups in total. The Bertz CT molecular complexity index is 420. The molecule has 0 spiro atoms. The average Bonchev–Trinajstić information content (AvgIpc) is 2.82. The Morgan fingerprint density at radius 3 is 2.53 bits per heavy atom. The lowest BCUT2D eigenvalue weighted by Gasteiger charge is -2.20. The fourth-order valence-electron chi connectivity index (χ4n) is 1.70. The molecule has 4 heteroatoms. The van der Waals surface area contributed by atoms with Gasteiger partial charge in [0.15, 0.2) is 0 Å². The van der Waals surface area contributed by atoms with E-state index in [1.165, 1.54) is 9.75 Å². The van der Waals surface area contributed by atoms with E-state index in [0.717, 1.165) is 13.1 Å². The Morgan fingerprint density at radius 2 is 2.05 bits per heavy atom. The van der Waals surface area contributed by atoms with Gasteiger partial charge in [-0.25, -0.2) is 0 Å². The van der Waals surface area contributed by atoms with Gasteiger partial charge in [0.2, 0.25) is 5.91 Å². The molecule has 19 heavy (non-hydrogen) atoms. The maximum Gasteiger partial charge on any atom is 0.239 e. The molecule has 0 bridgehead atoms. The third-order valence-corrected chi connectivity index (χ3v) is 4.72. The van der Waals surface area contributed by atoms with Crippen molar-refractivity contribution in [2.45, 2.75) is 52.6 Å².